The van der Waals surface area contributed by atoms with Crippen LogP contribution in [-0.4, -0.2) is 122 Å². The van der Waals surface area contributed by atoms with E-state index in [1.54, 1.807) is 33.1 Å². The second-order valence-corrected chi connectivity index (χ2v) is 17.2. The van der Waals surface area contributed by atoms with Crippen molar-refractivity contribution in [2.24, 2.45) is 23.7 Å². The van der Waals surface area contributed by atoms with Gasteiger partial charge in [-0.15, -0.1) is 0 Å². The molecule has 1 aliphatic carbocycles. The van der Waals surface area contributed by atoms with Crippen molar-refractivity contribution in [3.63, 3.8) is 0 Å². The van der Waals surface area contributed by atoms with Crippen LogP contribution in [0.4, 0.5) is 0 Å². The van der Waals surface area contributed by atoms with Gasteiger partial charge in [0.25, 0.3) is 0 Å². The van der Waals surface area contributed by atoms with E-state index in [2.05, 4.69) is 32.9 Å². The maximum absolute atomic E-state index is 14.3. The normalized spacial score (nSPS) is 44.8. The first-order chi connectivity index (χ1) is 27.6. The highest BCUT2D eigenvalue weighted by molar-refractivity contribution is 5.78. The molecule has 324 valence electrons. The predicted octanol–water partition coefficient (Wildman–Crippen LogP) is 5.43. The van der Waals surface area contributed by atoms with E-state index < -0.39 is 78.3 Å². The third-order valence-electron chi connectivity index (χ3n) is 12.9. The zero-order valence-corrected chi connectivity index (χ0v) is 35.7. The lowest BCUT2D eigenvalue weighted by Gasteiger charge is -2.48. The number of carbonyl (C=O) groups excluding carboxylic acids is 2. The average molecular weight is 815 g/mol. The van der Waals surface area contributed by atoms with E-state index in [0.717, 1.165) is 12.0 Å². The maximum atomic E-state index is 14.3. The van der Waals surface area contributed by atoms with Crippen LogP contribution < -0.4 is 0 Å². The Morgan fingerprint density at radius 3 is 2.55 bits per heavy atom. The molecule has 0 aromatic heterocycles. The average Bonchev–Trinajstić information content (AvgIpc) is 3.53. The molecule has 2 bridgehead atoms. The van der Waals surface area contributed by atoms with Crippen LogP contribution in [0.25, 0.3) is 0 Å². The molecule has 0 radical (unpaired) electrons. The molecule has 2 N–H and O–H groups in total. The zero-order valence-electron chi connectivity index (χ0n) is 35.7. The fraction of sp³-hybridized carbons (Fsp3) is 0.733. The Balaban J connectivity index is 1.33. The van der Waals surface area contributed by atoms with Gasteiger partial charge in [-0.05, 0) is 62.8 Å². The van der Waals surface area contributed by atoms with Crippen LogP contribution in [0.15, 0.2) is 59.3 Å². The molecule has 13 heteroatoms. The van der Waals surface area contributed by atoms with Gasteiger partial charge in [-0.3, -0.25) is 4.79 Å². The lowest BCUT2D eigenvalue weighted by atomic mass is 9.71. The second-order valence-electron chi connectivity index (χ2n) is 17.2. The summed E-state index contributed by atoms with van der Waals surface area (Å²) < 4.78 is 56.1. The van der Waals surface area contributed by atoms with Crippen molar-refractivity contribution in [3.05, 3.63) is 59.3 Å². The zero-order chi connectivity index (χ0) is 41.9. The topological polar surface area (TPSA) is 158 Å². The van der Waals surface area contributed by atoms with Gasteiger partial charge in [-0.25, -0.2) is 4.79 Å². The van der Waals surface area contributed by atoms with Crippen molar-refractivity contribution in [1.29, 1.82) is 0 Å². The highest BCUT2D eigenvalue weighted by Crippen LogP contribution is 2.47. The fourth-order valence-electron chi connectivity index (χ4n) is 9.47. The van der Waals surface area contributed by atoms with Crippen LogP contribution in [0.1, 0.15) is 87.5 Å². The molecule has 16 atom stereocenters. The Hall–Kier alpha value is -2.72. The van der Waals surface area contributed by atoms with Gasteiger partial charge < -0.3 is 52.8 Å². The molecule has 5 aliphatic heterocycles. The van der Waals surface area contributed by atoms with Crippen molar-refractivity contribution >= 4 is 11.9 Å². The van der Waals surface area contributed by atoms with E-state index in [1.165, 1.54) is 0 Å². The molecule has 3 saturated heterocycles. The van der Waals surface area contributed by atoms with Crippen LogP contribution in [0.2, 0.25) is 0 Å². The number of esters is 2. The first-order valence-electron chi connectivity index (χ1n) is 21.2. The monoisotopic (exact) mass is 814 g/mol. The van der Waals surface area contributed by atoms with E-state index in [1.807, 2.05) is 39.0 Å². The molecule has 1 spiro atoms. The van der Waals surface area contributed by atoms with Gasteiger partial charge in [0.05, 0.1) is 43.7 Å². The van der Waals surface area contributed by atoms with E-state index in [4.69, 9.17) is 42.6 Å². The molecule has 0 aromatic carbocycles. The SMILES string of the molecule is CCOC(=O)CO[C@H]1[C@H](C)O[C@@H](O[C@@H]2/C(C)=C/C[C@@H]3C[C@@H](C[C@]4(C=C[C@H](C)[C@@H](C(C)CC)O4)O3)OC(=O)C3C=C(C)[C@@H](O)[C@H]4OC/C(=C/C=C/[C@@H]2C)C34O)C[C@@H]1OC. The Labute approximate surface area is 343 Å². The number of allylic oxidation sites excluding steroid dienone is 2. The van der Waals surface area contributed by atoms with E-state index in [9.17, 15) is 19.8 Å². The van der Waals surface area contributed by atoms with Gasteiger partial charge in [0.15, 0.2) is 12.1 Å². The van der Waals surface area contributed by atoms with Crippen LogP contribution in [-0.2, 0) is 52.2 Å². The highest BCUT2D eigenvalue weighted by atomic mass is 16.7. The smallest absolute Gasteiger partial charge is 0.332 e. The van der Waals surface area contributed by atoms with E-state index in [-0.39, 0.29) is 49.8 Å². The van der Waals surface area contributed by atoms with Crippen molar-refractivity contribution in [1.82, 2.24) is 0 Å². The molecule has 6 rings (SSSR count). The number of methoxy groups -OCH3 is 1. The van der Waals surface area contributed by atoms with Crippen molar-refractivity contribution in [2.75, 3.05) is 26.9 Å². The predicted molar refractivity (Wildman–Crippen MR) is 213 cm³/mol. The molecule has 13 nitrogen and oxygen atoms in total. The molecule has 0 saturated carbocycles. The summed E-state index contributed by atoms with van der Waals surface area (Å²) in [5, 5.41) is 23.6. The van der Waals surface area contributed by atoms with Gasteiger partial charge in [0.2, 0.25) is 0 Å². The number of fused-ring (bicyclic) bond motifs is 2. The largest absolute Gasteiger partial charge is 0.464 e. The summed E-state index contributed by atoms with van der Waals surface area (Å²) in [5.41, 5.74) is 0.119. The standard InChI is InChI=1S/C45H66O13/c1-10-25(3)40-28(6)17-18-44(58-40)22-33-20-32(57-44)16-15-27(5)39(56-37-21-35(50-9)41(30(8)54-37)52-24-36(46)51-11-2)26(4)13-12-14-31-23-53-42-38(47)29(7)19-34(43(48)55-33)45(31,42)49/h12-15,17-19,25-26,28,30,32-35,37-42,47,49H,10-11,16,20-24H2,1-9H3/b13-12+,27-15+,31-14-/t25?,26-,28-,30-,32+,33-,34?,35-,37-,38+,39-,40+,41-,42+,44+,45?/m0/s1. The van der Waals surface area contributed by atoms with Gasteiger partial charge in [0.1, 0.15) is 42.5 Å². The minimum Gasteiger partial charge on any atom is -0.464 e. The Kier molecular flexibility index (Phi) is 14.6. The molecular weight excluding hydrogens is 748 g/mol. The molecule has 5 heterocycles. The number of aliphatic hydroxyl groups excluding tert-OH is 1. The van der Waals surface area contributed by atoms with Crippen LogP contribution in [0.3, 0.4) is 0 Å². The summed E-state index contributed by atoms with van der Waals surface area (Å²) >= 11 is 0. The van der Waals surface area contributed by atoms with Gasteiger partial charge >= 0.3 is 11.9 Å². The van der Waals surface area contributed by atoms with E-state index >= 15 is 0 Å². The second kappa shape index (κ2) is 18.9. The quantitative estimate of drug-likeness (QED) is 0.225. The Bertz CT molecular complexity index is 1620. The lowest BCUT2D eigenvalue weighted by molar-refractivity contribution is -0.300. The minimum absolute atomic E-state index is 0.0304. The number of aliphatic hydroxyl groups is 2. The van der Waals surface area contributed by atoms with E-state index in [0.29, 0.717) is 36.8 Å². The first-order valence-corrected chi connectivity index (χ1v) is 21.2. The number of carbonyl (C=O) groups is 2. The molecule has 3 unspecified atom stereocenters. The summed E-state index contributed by atoms with van der Waals surface area (Å²) in [7, 11) is 1.60. The maximum Gasteiger partial charge on any atom is 0.332 e. The van der Waals surface area contributed by atoms with Crippen LogP contribution >= 0.6 is 0 Å². The molecule has 6 aliphatic rings. The number of hydrogen-bond acceptors (Lipinski definition) is 13. The first kappa shape index (κ1) is 44.8. The molecule has 3 fully saturated rings. The minimum atomic E-state index is -1.83. The number of rotatable bonds is 9. The fourth-order valence-corrected chi connectivity index (χ4v) is 9.47. The van der Waals surface area contributed by atoms with Crippen LogP contribution in [0.5, 0.6) is 0 Å². The molecule has 58 heavy (non-hydrogen) atoms. The summed E-state index contributed by atoms with van der Waals surface area (Å²) in [5.74, 6) is -3.01. The molecule has 0 aromatic rings. The Morgan fingerprint density at radius 2 is 1.83 bits per heavy atom. The third kappa shape index (κ3) is 9.43. The van der Waals surface area contributed by atoms with Crippen molar-refractivity contribution < 1.29 is 62.4 Å². The van der Waals surface area contributed by atoms with Crippen molar-refractivity contribution in [2.45, 2.75) is 160 Å². The summed E-state index contributed by atoms with van der Waals surface area (Å²) in [6.45, 7) is 16.0. The third-order valence-corrected chi connectivity index (χ3v) is 12.9. The summed E-state index contributed by atoms with van der Waals surface area (Å²) in [6.07, 6.45) is 10.3. The van der Waals surface area contributed by atoms with Crippen molar-refractivity contribution in [3.8, 4) is 0 Å². The summed E-state index contributed by atoms with van der Waals surface area (Å²) in [4.78, 5) is 26.4. The van der Waals surface area contributed by atoms with Crippen LogP contribution in [0, 0.1) is 23.7 Å². The summed E-state index contributed by atoms with van der Waals surface area (Å²) in [6, 6.07) is 0. The highest BCUT2D eigenvalue weighted by Gasteiger charge is 2.60. The molecular formula is C45H66O13. The van der Waals surface area contributed by atoms with Gasteiger partial charge in [-0.2, -0.15) is 0 Å². The lowest BCUT2D eigenvalue weighted by Crippen LogP contribution is -2.58. The van der Waals surface area contributed by atoms with Gasteiger partial charge in [-0.1, -0.05) is 70.6 Å². The number of ether oxygens (including phenoxy) is 9. The molecule has 0 amide bonds. The number of hydrogen-bond donors (Lipinski definition) is 2. The Morgan fingerprint density at radius 1 is 1.05 bits per heavy atom. The van der Waals surface area contributed by atoms with Gasteiger partial charge in [0, 0.05) is 38.2 Å².